The maximum Gasteiger partial charge on any atom is 0.135 e. The highest BCUT2D eigenvalue weighted by Gasteiger charge is 2.27. The van der Waals surface area contributed by atoms with E-state index in [4.69, 9.17) is 4.98 Å². The number of aromatic nitrogens is 1. The van der Waals surface area contributed by atoms with E-state index in [-0.39, 0.29) is 6.61 Å². The van der Waals surface area contributed by atoms with Crippen molar-refractivity contribution in [3.63, 3.8) is 0 Å². The van der Waals surface area contributed by atoms with Gasteiger partial charge in [-0.1, -0.05) is 25.1 Å². The predicted molar refractivity (Wildman–Crippen MR) is 82.9 cm³/mol. The van der Waals surface area contributed by atoms with Crippen molar-refractivity contribution in [1.29, 1.82) is 0 Å². The van der Waals surface area contributed by atoms with E-state index in [1.54, 1.807) is 0 Å². The fourth-order valence-corrected chi connectivity index (χ4v) is 3.15. The Bertz CT molecular complexity index is 611. The number of aliphatic hydroxyl groups excluding tert-OH is 1. The standard InChI is InChI=1S/C17H22N2O/c1-12-6-5-9-19(13(12)2)17-15(11-20)10-14-7-3-4-8-16(14)18-17/h3-4,7-8,10,12-13,20H,5-6,9,11H2,1-2H3. The molecule has 0 amide bonds. The Balaban J connectivity index is 2.09. The van der Waals surface area contributed by atoms with Crippen LogP contribution in [0.5, 0.6) is 0 Å². The highest BCUT2D eigenvalue weighted by Crippen LogP contribution is 2.31. The van der Waals surface area contributed by atoms with Crippen molar-refractivity contribution in [2.75, 3.05) is 11.4 Å². The zero-order chi connectivity index (χ0) is 14.1. The number of piperidine rings is 1. The Morgan fingerprint density at radius 2 is 2.10 bits per heavy atom. The van der Waals surface area contributed by atoms with Crippen LogP contribution < -0.4 is 4.90 Å². The van der Waals surface area contributed by atoms with Crippen LogP contribution in [0.4, 0.5) is 5.82 Å². The average molecular weight is 270 g/mol. The Kier molecular flexibility index (Phi) is 3.62. The fraction of sp³-hybridized carbons (Fsp3) is 0.471. The van der Waals surface area contributed by atoms with Gasteiger partial charge in [-0.05, 0) is 37.8 Å². The number of hydrogen-bond donors (Lipinski definition) is 1. The molecule has 1 saturated heterocycles. The number of rotatable bonds is 2. The number of fused-ring (bicyclic) bond motifs is 1. The molecular formula is C17H22N2O. The third-order valence-corrected chi connectivity index (χ3v) is 4.60. The monoisotopic (exact) mass is 270 g/mol. The van der Waals surface area contributed by atoms with E-state index in [0.29, 0.717) is 12.0 Å². The van der Waals surface area contributed by atoms with Gasteiger partial charge >= 0.3 is 0 Å². The third-order valence-electron chi connectivity index (χ3n) is 4.60. The van der Waals surface area contributed by atoms with Crippen molar-refractivity contribution < 1.29 is 5.11 Å². The molecule has 106 valence electrons. The molecule has 2 unspecified atom stereocenters. The molecule has 1 aliphatic rings. The first-order valence-corrected chi connectivity index (χ1v) is 7.47. The molecule has 1 N–H and O–H groups in total. The molecule has 3 nitrogen and oxygen atoms in total. The Morgan fingerprint density at radius 1 is 1.30 bits per heavy atom. The predicted octanol–water partition coefficient (Wildman–Crippen LogP) is 3.35. The summed E-state index contributed by atoms with van der Waals surface area (Å²) in [6.07, 6.45) is 2.48. The first-order chi connectivity index (χ1) is 9.70. The van der Waals surface area contributed by atoms with Gasteiger partial charge in [0, 0.05) is 23.5 Å². The van der Waals surface area contributed by atoms with Gasteiger partial charge in [-0.25, -0.2) is 4.98 Å². The van der Waals surface area contributed by atoms with Gasteiger partial charge < -0.3 is 10.0 Å². The van der Waals surface area contributed by atoms with E-state index < -0.39 is 0 Å². The number of pyridine rings is 1. The second-order valence-electron chi connectivity index (χ2n) is 5.88. The number of benzene rings is 1. The minimum absolute atomic E-state index is 0.0464. The topological polar surface area (TPSA) is 36.4 Å². The Morgan fingerprint density at radius 3 is 2.90 bits per heavy atom. The second kappa shape index (κ2) is 5.41. The van der Waals surface area contributed by atoms with Crippen molar-refractivity contribution in [2.45, 2.75) is 39.3 Å². The Hall–Kier alpha value is -1.61. The van der Waals surface area contributed by atoms with Crippen LogP contribution in [0.2, 0.25) is 0 Å². The maximum atomic E-state index is 9.69. The van der Waals surface area contributed by atoms with Crippen molar-refractivity contribution in [3.05, 3.63) is 35.9 Å². The molecule has 0 radical (unpaired) electrons. The smallest absolute Gasteiger partial charge is 0.135 e. The van der Waals surface area contributed by atoms with E-state index in [9.17, 15) is 5.11 Å². The lowest BCUT2D eigenvalue weighted by Gasteiger charge is -2.39. The van der Waals surface area contributed by atoms with Gasteiger partial charge in [0.15, 0.2) is 0 Å². The quantitative estimate of drug-likeness (QED) is 0.909. The van der Waals surface area contributed by atoms with Crippen LogP contribution in [0.15, 0.2) is 30.3 Å². The minimum atomic E-state index is 0.0464. The summed E-state index contributed by atoms with van der Waals surface area (Å²) in [5, 5.41) is 10.8. The summed E-state index contributed by atoms with van der Waals surface area (Å²) in [5.41, 5.74) is 1.94. The lowest BCUT2D eigenvalue weighted by atomic mass is 9.91. The summed E-state index contributed by atoms with van der Waals surface area (Å²) in [6.45, 7) is 5.65. The van der Waals surface area contributed by atoms with E-state index in [0.717, 1.165) is 28.8 Å². The summed E-state index contributed by atoms with van der Waals surface area (Å²) in [5.74, 6) is 1.63. The number of aliphatic hydroxyl groups is 1. The molecule has 2 atom stereocenters. The minimum Gasteiger partial charge on any atom is -0.392 e. The third kappa shape index (κ3) is 2.27. The van der Waals surface area contributed by atoms with Crippen LogP contribution in [0.1, 0.15) is 32.3 Å². The van der Waals surface area contributed by atoms with Gasteiger partial charge in [-0.15, -0.1) is 0 Å². The number of hydrogen-bond acceptors (Lipinski definition) is 3. The van der Waals surface area contributed by atoms with Crippen LogP contribution in [-0.2, 0) is 6.61 Å². The van der Waals surface area contributed by atoms with Gasteiger partial charge in [-0.2, -0.15) is 0 Å². The summed E-state index contributed by atoms with van der Waals surface area (Å²) < 4.78 is 0. The number of anilines is 1. The van der Waals surface area contributed by atoms with E-state index in [1.807, 2.05) is 24.3 Å². The number of nitrogens with zero attached hydrogens (tertiary/aromatic N) is 2. The second-order valence-corrected chi connectivity index (χ2v) is 5.88. The first kappa shape index (κ1) is 13.4. The molecule has 0 spiro atoms. The molecule has 0 aliphatic carbocycles. The lowest BCUT2D eigenvalue weighted by Crippen LogP contribution is -2.43. The average Bonchev–Trinajstić information content (AvgIpc) is 2.48. The van der Waals surface area contributed by atoms with Crippen molar-refractivity contribution in [3.8, 4) is 0 Å². The van der Waals surface area contributed by atoms with Gasteiger partial charge in [0.2, 0.25) is 0 Å². The van der Waals surface area contributed by atoms with Crippen LogP contribution in [0.3, 0.4) is 0 Å². The molecule has 2 aromatic rings. The SMILES string of the molecule is CC1CCCN(c2nc3ccccc3cc2CO)C1C. The molecular weight excluding hydrogens is 248 g/mol. The van der Waals surface area contributed by atoms with Gasteiger partial charge in [0.1, 0.15) is 5.82 Å². The van der Waals surface area contributed by atoms with Gasteiger partial charge in [0.25, 0.3) is 0 Å². The summed E-state index contributed by atoms with van der Waals surface area (Å²) in [7, 11) is 0. The van der Waals surface area contributed by atoms with E-state index in [1.165, 1.54) is 12.8 Å². The molecule has 1 aromatic carbocycles. The molecule has 2 heterocycles. The summed E-state index contributed by atoms with van der Waals surface area (Å²) in [4.78, 5) is 7.19. The van der Waals surface area contributed by atoms with Crippen molar-refractivity contribution in [2.24, 2.45) is 5.92 Å². The largest absolute Gasteiger partial charge is 0.392 e. The van der Waals surface area contributed by atoms with Crippen molar-refractivity contribution in [1.82, 2.24) is 4.98 Å². The lowest BCUT2D eigenvalue weighted by molar-refractivity contribution is 0.280. The molecule has 3 heteroatoms. The van der Waals surface area contributed by atoms with Crippen LogP contribution in [0.25, 0.3) is 10.9 Å². The van der Waals surface area contributed by atoms with E-state index >= 15 is 0 Å². The first-order valence-electron chi connectivity index (χ1n) is 7.47. The zero-order valence-corrected chi connectivity index (χ0v) is 12.2. The van der Waals surface area contributed by atoms with Gasteiger partial charge in [-0.3, -0.25) is 0 Å². The molecule has 1 aromatic heterocycles. The molecule has 1 fully saturated rings. The van der Waals surface area contributed by atoms with Crippen LogP contribution >= 0.6 is 0 Å². The van der Waals surface area contributed by atoms with Crippen molar-refractivity contribution >= 4 is 16.7 Å². The normalized spacial score (nSPS) is 23.2. The zero-order valence-electron chi connectivity index (χ0n) is 12.2. The molecule has 3 rings (SSSR count). The Labute approximate surface area is 120 Å². The van der Waals surface area contributed by atoms with E-state index in [2.05, 4.69) is 24.8 Å². The van der Waals surface area contributed by atoms with Crippen LogP contribution in [0, 0.1) is 5.92 Å². The maximum absolute atomic E-state index is 9.69. The highest BCUT2D eigenvalue weighted by molar-refractivity contribution is 5.81. The molecule has 0 bridgehead atoms. The highest BCUT2D eigenvalue weighted by atomic mass is 16.3. The fourth-order valence-electron chi connectivity index (χ4n) is 3.15. The number of para-hydroxylation sites is 1. The van der Waals surface area contributed by atoms with Gasteiger partial charge in [0.05, 0.1) is 12.1 Å². The molecule has 0 saturated carbocycles. The van der Waals surface area contributed by atoms with Crippen LogP contribution in [-0.4, -0.2) is 22.7 Å². The molecule has 20 heavy (non-hydrogen) atoms. The summed E-state index contributed by atoms with van der Waals surface area (Å²) >= 11 is 0. The molecule has 1 aliphatic heterocycles. The summed E-state index contributed by atoms with van der Waals surface area (Å²) in [6, 6.07) is 10.7.